The largest absolute Gasteiger partial charge is 0.478 e. The fourth-order valence-electron chi connectivity index (χ4n) is 2.02. The van der Waals surface area contributed by atoms with Gasteiger partial charge in [-0.25, -0.2) is 9.78 Å². The predicted molar refractivity (Wildman–Crippen MR) is 70.8 cm³/mol. The van der Waals surface area contributed by atoms with E-state index < -0.39 is 5.97 Å². The van der Waals surface area contributed by atoms with E-state index in [1.54, 1.807) is 0 Å². The number of aromatic nitrogens is 1. The summed E-state index contributed by atoms with van der Waals surface area (Å²) in [7, 11) is 0. The highest BCUT2D eigenvalue weighted by molar-refractivity contribution is 5.89. The van der Waals surface area contributed by atoms with E-state index in [2.05, 4.69) is 16.8 Å². The maximum Gasteiger partial charge on any atom is 0.337 e. The van der Waals surface area contributed by atoms with Crippen LogP contribution >= 0.6 is 0 Å². The first kappa shape index (κ1) is 12.7. The van der Waals surface area contributed by atoms with Crippen LogP contribution in [0.2, 0.25) is 0 Å². The molecule has 0 aliphatic heterocycles. The SMILES string of the molecule is CCCN(CC1CC1)c1ncc(C(=O)O)cc1N. The third-order valence-corrected chi connectivity index (χ3v) is 3.11. The van der Waals surface area contributed by atoms with E-state index in [-0.39, 0.29) is 5.56 Å². The molecule has 0 amide bonds. The molecule has 1 aromatic rings. The number of hydrogen-bond donors (Lipinski definition) is 2. The van der Waals surface area contributed by atoms with Crippen LogP contribution in [0.3, 0.4) is 0 Å². The number of pyridine rings is 1. The van der Waals surface area contributed by atoms with Crippen LogP contribution in [-0.4, -0.2) is 29.1 Å². The minimum Gasteiger partial charge on any atom is -0.478 e. The monoisotopic (exact) mass is 249 g/mol. The first-order chi connectivity index (χ1) is 8.61. The third-order valence-electron chi connectivity index (χ3n) is 3.11. The number of carboxylic acid groups (broad SMARTS) is 1. The van der Waals surface area contributed by atoms with Crippen LogP contribution in [0.25, 0.3) is 0 Å². The lowest BCUT2D eigenvalue weighted by molar-refractivity contribution is 0.0696. The molecule has 98 valence electrons. The number of aromatic carboxylic acids is 1. The summed E-state index contributed by atoms with van der Waals surface area (Å²) in [5.41, 5.74) is 6.51. The zero-order valence-corrected chi connectivity index (χ0v) is 10.6. The fourth-order valence-corrected chi connectivity index (χ4v) is 2.02. The van der Waals surface area contributed by atoms with Gasteiger partial charge in [-0.2, -0.15) is 0 Å². The van der Waals surface area contributed by atoms with Gasteiger partial charge in [0.1, 0.15) is 0 Å². The first-order valence-corrected chi connectivity index (χ1v) is 6.35. The molecule has 0 unspecified atom stereocenters. The van der Waals surface area contributed by atoms with Crippen molar-refractivity contribution < 1.29 is 9.90 Å². The lowest BCUT2D eigenvalue weighted by Gasteiger charge is -2.24. The van der Waals surface area contributed by atoms with Crippen molar-refractivity contribution in [3.63, 3.8) is 0 Å². The lowest BCUT2D eigenvalue weighted by atomic mass is 10.2. The highest BCUT2D eigenvalue weighted by Gasteiger charge is 2.25. The van der Waals surface area contributed by atoms with Crippen LogP contribution in [-0.2, 0) is 0 Å². The number of carbonyl (C=O) groups is 1. The molecule has 1 fully saturated rings. The topological polar surface area (TPSA) is 79.5 Å². The van der Waals surface area contributed by atoms with Crippen molar-refractivity contribution in [2.75, 3.05) is 23.7 Å². The van der Waals surface area contributed by atoms with E-state index in [1.807, 2.05) is 0 Å². The van der Waals surface area contributed by atoms with Crippen molar-refractivity contribution in [1.82, 2.24) is 4.98 Å². The number of nitrogens with two attached hydrogens (primary N) is 1. The summed E-state index contributed by atoms with van der Waals surface area (Å²) in [5.74, 6) is 0.468. The molecular formula is C13H19N3O2. The smallest absolute Gasteiger partial charge is 0.337 e. The van der Waals surface area contributed by atoms with Crippen LogP contribution in [0, 0.1) is 5.92 Å². The maximum absolute atomic E-state index is 10.8. The summed E-state index contributed by atoms with van der Waals surface area (Å²) in [5, 5.41) is 8.89. The van der Waals surface area contributed by atoms with E-state index >= 15 is 0 Å². The molecule has 1 heterocycles. The fraction of sp³-hybridized carbons (Fsp3) is 0.538. The summed E-state index contributed by atoms with van der Waals surface area (Å²) >= 11 is 0. The molecular weight excluding hydrogens is 230 g/mol. The highest BCUT2D eigenvalue weighted by Crippen LogP contribution is 2.32. The lowest BCUT2D eigenvalue weighted by Crippen LogP contribution is -2.28. The van der Waals surface area contributed by atoms with E-state index in [4.69, 9.17) is 10.8 Å². The Morgan fingerprint density at radius 3 is 2.83 bits per heavy atom. The summed E-state index contributed by atoms with van der Waals surface area (Å²) in [4.78, 5) is 17.2. The van der Waals surface area contributed by atoms with Gasteiger partial charge in [-0.1, -0.05) is 6.92 Å². The second-order valence-electron chi connectivity index (χ2n) is 4.83. The molecule has 5 nitrogen and oxygen atoms in total. The van der Waals surface area contributed by atoms with E-state index in [0.29, 0.717) is 11.5 Å². The number of hydrogen-bond acceptors (Lipinski definition) is 4. The van der Waals surface area contributed by atoms with Gasteiger partial charge < -0.3 is 15.7 Å². The molecule has 2 rings (SSSR count). The van der Waals surface area contributed by atoms with Gasteiger partial charge in [-0.15, -0.1) is 0 Å². The Kier molecular flexibility index (Phi) is 3.69. The summed E-state index contributed by atoms with van der Waals surface area (Å²) < 4.78 is 0. The molecule has 0 radical (unpaired) electrons. The molecule has 1 saturated carbocycles. The van der Waals surface area contributed by atoms with Crippen molar-refractivity contribution in [3.8, 4) is 0 Å². The van der Waals surface area contributed by atoms with Crippen LogP contribution in [0.15, 0.2) is 12.3 Å². The first-order valence-electron chi connectivity index (χ1n) is 6.35. The van der Waals surface area contributed by atoms with Crippen LogP contribution in [0.1, 0.15) is 36.5 Å². The minimum atomic E-state index is -0.995. The summed E-state index contributed by atoms with van der Waals surface area (Å²) in [6.07, 6.45) is 4.94. The predicted octanol–water partition coefficient (Wildman–Crippen LogP) is 1.99. The van der Waals surface area contributed by atoms with Crippen molar-refractivity contribution in [1.29, 1.82) is 0 Å². The Labute approximate surface area is 107 Å². The Hall–Kier alpha value is -1.78. The molecule has 0 atom stereocenters. The summed E-state index contributed by atoms with van der Waals surface area (Å²) in [6, 6.07) is 1.49. The van der Waals surface area contributed by atoms with Crippen molar-refractivity contribution in [3.05, 3.63) is 17.8 Å². The number of carboxylic acids is 1. The molecule has 1 aliphatic carbocycles. The molecule has 18 heavy (non-hydrogen) atoms. The molecule has 0 saturated heterocycles. The zero-order chi connectivity index (χ0) is 13.1. The van der Waals surface area contributed by atoms with Crippen molar-refractivity contribution in [2.45, 2.75) is 26.2 Å². The third kappa shape index (κ3) is 2.91. The van der Waals surface area contributed by atoms with Gasteiger partial charge in [0.15, 0.2) is 5.82 Å². The number of rotatable bonds is 6. The average Bonchev–Trinajstić information content (AvgIpc) is 3.12. The van der Waals surface area contributed by atoms with Gasteiger partial charge >= 0.3 is 5.97 Å². The summed E-state index contributed by atoms with van der Waals surface area (Å²) in [6.45, 7) is 3.99. The second-order valence-corrected chi connectivity index (χ2v) is 4.83. The number of nitrogens with zero attached hydrogens (tertiary/aromatic N) is 2. The maximum atomic E-state index is 10.8. The Bertz CT molecular complexity index is 444. The highest BCUT2D eigenvalue weighted by atomic mass is 16.4. The van der Waals surface area contributed by atoms with Gasteiger partial charge in [-0.3, -0.25) is 0 Å². The second kappa shape index (κ2) is 5.25. The van der Waals surface area contributed by atoms with Gasteiger partial charge in [0.2, 0.25) is 0 Å². The normalized spacial score (nSPS) is 14.5. The Balaban J connectivity index is 2.20. The molecule has 5 heteroatoms. The van der Waals surface area contributed by atoms with Gasteiger partial charge in [0.05, 0.1) is 11.3 Å². The quantitative estimate of drug-likeness (QED) is 0.806. The zero-order valence-electron chi connectivity index (χ0n) is 10.6. The van der Waals surface area contributed by atoms with Gasteiger partial charge in [-0.05, 0) is 31.2 Å². The minimum absolute atomic E-state index is 0.138. The van der Waals surface area contributed by atoms with Gasteiger partial charge in [0, 0.05) is 19.3 Å². The van der Waals surface area contributed by atoms with Crippen molar-refractivity contribution >= 4 is 17.5 Å². The molecule has 1 aromatic heterocycles. The van der Waals surface area contributed by atoms with Crippen LogP contribution in [0.4, 0.5) is 11.5 Å². The van der Waals surface area contributed by atoms with E-state index in [0.717, 1.165) is 25.4 Å². The Morgan fingerprint density at radius 2 is 2.33 bits per heavy atom. The number of anilines is 2. The number of nitrogen functional groups attached to an aromatic ring is 1. The van der Waals surface area contributed by atoms with Crippen LogP contribution < -0.4 is 10.6 Å². The average molecular weight is 249 g/mol. The van der Waals surface area contributed by atoms with E-state index in [9.17, 15) is 4.79 Å². The van der Waals surface area contributed by atoms with Crippen LogP contribution in [0.5, 0.6) is 0 Å². The standard InChI is InChI=1S/C13H19N3O2/c1-2-5-16(8-9-3-4-9)12-11(14)6-10(7-15-12)13(17)18/h6-7,9H,2-5,8,14H2,1H3,(H,17,18). The Morgan fingerprint density at radius 1 is 1.61 bits per heavy atom. The molecule has 0 bridgehead atoms. The van der Waals surface area contributed by atoms with Gasteiger partial charge in [0.25, 0.3) is 0 Å². The molecule has 0 spiro atoms. The van der Waals surface area contributed by atoms with Crippen molar-refractivity contribution in [2.24, 2.45) is 5.92 Å². The molecule has 3 N–H and O–H groups in total. The molecule has 1 aliphatic rings. The van der Waals surface area contributed by atoms with E-state index in [1.165, 1.54) is 25.1 Å². The molecule has 0 aromatic carbocycles.